The zero-order valence-electron chi connectivity index (χ0n) is 10.8. The number of anilines is 1. The van der Waals surface area contributed by atoms with Gasteiger partial charge in [-0.3, -0.25) is 10.1 Å². The zero-order chi connectivity index (χ0) is 14.5. The van der Waals surface area contributed by atoms with Crippen LogP contribution in [0.1, 0.15) is 6.92 Å². The smallest absolute Gasteiger partial charge is 0.292 e. The van der Waals surface area contributed by atoms with E-state index in [1.54, 1.807) is 36.4 Å². The third-order valence-electron chi connectivity index (χ3n) is 2.60. The molecule has 0 fully saturated rings. The van der Waals surface area contributed by atoms with Crippen LogP contribution in [-0.4, -0.2) is 11.5 Å². The molecule has 0 saturated heterocycles. The highest BCUT2D eigenvalue weighted by Gasteiger charge is 2.14. The molecule has 0 atom stereocenters. The topological polar surface area (TPSA) is 64.4 Å². The molecule has 20 heavy (non-hydrogen) atoms. The van der Waals surface area contributed by atoms with Crippen molar-refractivity contribution in [3.8, 4) is 11.5 Å². The van der Waals surface area contributed by atoms with Crippen LogP contribution in [0.5, 0.6) is 11.5 Å². The standard InChI is InChI=1S/C14H13ClN2O3/c1-2-16-12-9-10(7-8-13(12)17(18)19)20-14-6-4-3-5-11(14)15/h3-9,16H,2H2,1H3. The number of nitro benzene ring substituents is 1. The first-order valence-corrected chi connectivity index (χ1v) is 6.44. The van der Waals surface area contributed by atoms with Crippen LogP contribution in [-0.2, 0) is 0 Å². The lowest BCUT2D eigenvalue weighted by atomic mass is 10.2. The first-order chi connectivity index (χ1) is 9.61. The van der Waals surface area contributed by atoms with Gasteiger partial charge in [0.2, 0.25) is 0 Å². The number of benzene rings is 2. The summed E-state index contributed by atoms with van der Waals surface area (Å²) in [6.45, 7) is 2.45. The van der Waals surface area contributed by atoms with E-state index in [0.29, 0.717) is 28.8 Å². The molecule has 0 heterocycles. The van der Waals surface area contributed by atoms with E-state index in [0.717, 1.165) is 0 Å². The van der Waals surface area contributed by atoms with Crippen molar-refractivity contribution in [1.29, 1.82) is 0 Å². The quantitative estimate of drug-likeness (QED) is 0.652. The number of halogens is 1. The first kappa shape index (κ1) is 14.1. The van der Waals surface area contributed by atoms with Gasteiger partial charge in [-0.05, 0) is 25.1 Å². The second kappa shape index (κ2) is 6.25. The number of nitrogens with one attached hydrogen (secondary N) is 1. The minimum absolute atomic E-state index is 0.0124. The maximum Gasteiger partial charge on any atom is 0.292 e. The Morgan fingerprint density at radius 3 is 2.70 bits per heavy atom. The molecule has 104 valence electrons. The van der Waals surface area contributed by atoms with Crippen LogP contribution in [0.3, 0.4) is 0 Å². The minimum Gasteiger partial charge on any atom is -0.456 e. The summed E-state index contributed by atoms with van der Waals surface area (Å²) in [5, 5.41) is 14.3. The summed E-state index contributed by atoms with van der Waals surface area (Å²) in [7, 11) is 0. The van der Waals surface area contributed by atoms with Crippen molar-refractivity contribution in [2.75, 3.05) is 11.9 Å². The number of ether oxygens (including phenoxy) is 1. The number of hydrogen-bond acceptors (Lipinski definition) is 4. The summed E-state index contributed by atoms with van der Waals surface area (Å²) in [6, 6.07) is 11.6. The molecule has 0 saturated carbocycles. The van der Waals surface area contributed by atoms with Crippen LogP contribution in [0.4, 0.5) is 11.4 Å². The molecule has 6 heteroatoms. The van der Waals surface area contributed by atoms with Gasteiger partial charge in [0.25, 0.3) is 5.69 Å². The number of nitro groups is 1. The molecule has 0 amide bonds. The largest absolute Gasteiger partial charge is 0.456 e. The number of nitrogens with zero attached hydrogens (tertiary/aromatic N) is 1. The second-order valence-corrected chi connectivity index (χ2v) is 4.41. The van der Waals surface area contributed by atoms with Gasteiger partial charge in [-0.25, -0.2) is 0 Å². The molecule has 2 aromatic rings. The van der Waals surface area contributed by atoms with E-state index in [1.165, 1.54) is 6.07 Å². The molecule has 2 rings (SSSR count). The molecule has 0 aliphatic rings. The highest BCUT2D eigenvalue weighted by atomic mass is 35.5. The predicted octanol–water partition coefficient (Wildman–Crippen LogP) is 4.47. The fourth-order valence-electron chi connectivity index (χ4n) is 1.72. The van der Waals surface area contributed by atoms with E-state index in [9.17, 15) is 10.1 Å². The van der Waals surface area contributed by atoms with Crippen molar-refractivity contribution in [2.45, 2.75) is 6.92 Å². The zero-order valence-corrected chi connectivity index (χ0v) is 11.6. The summed E-state index contributed by atoms with van der Waals surface area (Å²) in [5.74, 6) is 0.991. The lowest BCUT2D eigenvalue weighted by Crippen LogP contribution is -2.01. The van der Waals surface area contributed by atoms with Gasteiger partial charge in [0, 0.05) is 18.7 Å². The lowest BCUT2D eigenvalue weighted by molar-refractivity contribution is -0.384. The Morgan fingerprint density at radius 1 is 1.30 bits per heavy atom. The molecule has 0 bridgehead atoms. The van der Waals surface area contributed by atoms with Crippen LogP contribution in [0, 0.1) is 10.1 Å². The van der Waals surface area contributed by atoms with E-state index in [2.05, 4.69) is 5.32 Å². The predicted molar refractivity (Wildman–Crippen MR) is 78.8 cm³/mol. The highest BCUT2D eigenvalue weighted by Crippen LogP contribution is 2.33. The lowest BCUT2D eigenvalue weighted by Gasteiger charge is -2.10. The fourth-order valence-corrected chi connectivity index (χ4v) is 1.90. The van der Waals surface area contributed by atoms with E-state index >= 15 is 0 Å². The van der Waals surface area contributed by atoms with Gasteiger partial charge >= 0.3 is 0 Å². The minimum atomic E-state index is -0.433. The Kier molecular flexibility index (Phi) is 4.42. The molecule has 2 aromatic carbocycles. The van der Waals surface area contributed by atoms with Crippen LogP contribution in [0.2, 0.25) is 5.02 Å². The van der Waals surface area contributed by atoms with Gasteiger partial charge in [0.1, 0.15) is 17.2 Å². The molecule has 0 aliphatic heterocycles. The Hall–Kier alpha value is -2.27. The number of rotatable bonds is 5. The molecule has 0 spiro atoms. The first-order valence-electron chi connectivity index (χ1n) is 6.06. The van der Waals surface area contributed by atoms with Gasteiger partial charge < -0.3 is 10.1 Å². The molecular formula is C14H13ClN2O3. The monoisotopic (exact) mass is 292 g/mol. The second-order valence-electron chi connectivity index (χ2n) is 4.00. The third-order valence-corrected chi connectivity index (χ3v) is 2.91. The highest BCUT2D eigenvalue weighted by molar-refractivity contribution is 6.32. The van der Waals surface area contributed by atoms with Crippen molar-refractivity contribution >= 4 is 23.0 Å². The van der Waals surface area contributed by atoms with Crippen LogP contribution in [0.15, 0.2) is 42.5 Å². The van der Waals surface area contributed by atoms with Crippen LogP contribution >= 0.6 is 11.6 Å². The average Bonchev–Trinajstić information content (AvgIpc) is 2.42. The molecular weight excluding hydrogens is 280 g/mol. The van der Waals surface area contributed by atoms with E-state index in [4.69, 9.17) is 16.3 Å². The van der Waals surface area contributed by atoms with E-state index in [-0.39, 0.29) is 5.69 Å². The van der Waals surface area contributed by atoms with Crippen LogP contribution in [0.25, 0.3) is 0 Å². The van der Waals surface area contributed by atoms with Crippen molar-refractivity contribution in [1.82, 2.24) is 0 Å². The Labute approximate surface area is 121 Å². The third kappa shape index (κ3) is 3.19. The van der Waals surface area contributed by atoms with Gasteiger partial charge in [0.05, 0.1) is 9.95 Å². The summed E-state index contributed by atoms with van der Waals surface area (Å²) < 4.78 is 5.64. The van der Waals surface area contributed by atoms with Crippen molar-refractivity contribution in [3.05, 3.63) is 57.6 Å². The van der Waals surface area contributed by atoms with Gasteiger partial charge in [-0.2, -0.15) is 0 Å². The maximum atomic E-state index is 10.9. The van der Waals surface area contributed by atoms with Gasteiger partial charge in [-0.1, -0.05) is 23.7 Å². The van der Waals surface area contributed by atoms with E-state index < -0.39 is 4.92 Å². The molecule has 0 aromatic heterocycles. The summed E-state index contributed by atoms with van der Waals surface area (Å²) in [5.41, 5.74) is 0.431. The van der Waals surface area contributed by atoms with Gasteiger partial charge in [0.15, 0.2) is 0 Å². The summed E-state index contributed by atoms with van der Waals surface area (Å²) >= 11 is 6.01. The van der Waals surface area contributed by atoms with Crippen molar-refractivity contribution in [2.24, 2.45) is 0 Å². The Bertz CT molecular complexity index is 632. The van der Waals surface area contributed by atoms with Crippen LogP contribution < -0.4 is 10.1 Å². The SMILES string of the molecule is CCNc1cc(Oc2ccccc2Cl)ccc1[N+](=O)[O-]. The van der Waals surface area contributed by atoms with Crippen molar-refractivity contribution in [3.63, 3.8) is 0 Å². The molecule has 0 aliphatic carbocycles. The Balaban J connectivity index is 2.32. The van der Waals surface area contributed by atoms with E-state index in [1.807, 2.05) is 6.92 Å². The summed E-state index contributed by atoms with van der Waals surface area (Å²) in [4.78, 5) is 10.5. The summed E-state index contributed by atoms with van der Waals surface area (Å²) in [6.07, 6.45) is 0. The maximum absolute atomic E-state index is 10.9. The molecule has 0 unspecified atom stereocenters. The number of para-hydroxylation sites is 1. The molecule has 1 N–H and O–H groups in total. The van der Waals surface area contributed by atoms with Gasteiger partial charge in [-0.15, -0.1) is 0 Å². The fraction of sp³-hybridized carbons (Fsp3) is 0.143. The molecule has 0 radical (unpaired) electrons. The Morgan fingerprint density at radius 2 is 2.05 bits per heavy atom. The molecule has 5 nitrogen and oxygen atoms in total. The normalized spacial score (nSPS) is 10.1. The average molecular weight is 293 g/mol. The van der Waals surface area contributed by atoms with Crippen molar-refractivity contribution < 1.29 is 9.66 Å². The number of hydrogen-bond donors (Lipinski definition) is 1.